The molecule has 1 fully saturated rings. The van der Waals surface area contributed by atoms with E-state index in [-0.39, 0.29) is 29.3 Å². The molecular weight excluding hydrogens is 450 g/mol. The van der Waals surface area contributed by atoms with Gasteiger partial charge in [0.2, 0.25) is 5.91 Å². The zero-order chi connectivity index (χ0) is 23.4. The molecule has 174 valence electrons. The molecule has 1 amide bonds. The number of nitrogens with zero attached hydrogens (tertiary/aromatic N) is 3. The summed E-state index contributed by atoms with van der Waals surface area (Å²) in [6, 6.07) is 5.08. The fourth-order valence-electron chi connectivity index (χ4n) is 3.85. The van der Waals surface area contributed by atoms with E-state index in [9.17, 15) is 14.4 Å². The van der Waals surface area contributed by atoms with Crippen molar-refractivity contribution in [2.24, 2.45) is 11.8 Å². The van der Waals surface area contributed by atoms with Crippen LogP contribution in [0.2, 0.25) is 5.02 Å². The molecule has 0 N–H and O–H groups in total. The minimum atomic E-state index is -0.413. The largest absolute Gasteiger partial charge is 0.466 e. The lowest BCUT2D eigenvalue weighted by molar-refractivity contribution is -0.151. The molecule has 7 nitrogen and oxygen atoms in total. The van der Waals surface area contributed by atoms with Gasteiger partial charge in [-0.05, 0) is 50.8 Å². The maximum atomic E-state index is 13.2. The molecule has 1 atom stereocenters. The van der Waals surface area contributed by atoms with Gasteiger partial charge in [-0.2, -0.15) is 0 Å². The molecule has 1 aliphatic rings. The van der Waals surface area contributed by atoms with Crippen LogP contribution in [0.4, 0.5) is 0 Å². The van der Waals surface area contributed by atoms with Crippen molar-refractivity contribution < 1.29 is 14.3 Å². The van der Waals surface area contributed by atoms with Crippen molar-refractivity contribution in [1.82, 2.24) is 14.5 Å². The van der Waals surface area contributed by atoms with Gasteiger partial charge in [0.25, 0.3) is 5.56 Å². The zero-order valence-electron chi connectivity index (χ0n) is 19.0. The number of halogens is 1. The van der Waals surface area contributed by atoms with Gasteiger partial charge in [-0.25, -0.2) is 4.98 Å². The van der Waals surface area contributed by atoms with Gasteiger partial charge in [-0.15, -0.1) is 0 Å². The molecule has 2 heterocycles. The van der Waals surface area contributed by atoms with E-state index in [0.29, 0.717) is 60.2 Å². The number of hydrogen-bond donors (Lipinski definition) is 0. The summed E-state index contributed by atoms with van der Waals surface area (Å²) in [5.74, 6) is -0.107. The van der Waals surface area contributed by atoms with Crippen molar-refractivity contribution in [1.29, 1.82) is 0 Å². The Hall–Kier alpha value is -2.06. The van der Waals surface area contributed by atoms with Crippen molar-refractivity contribution in [3.63, 3.8) is 0 Å². The van der Waals surface area contributed by atoms with Crippen LogP contribution in [0.15, 0.2) is 28.2 Å². The van der Waals surface area contributed by atoms with Gasteiger partial charge in [-0.1, -0.05) is 37.2 Å². The summed E-state index contributed by atoms with van der Waals surface area (Å²) in [4.78, 5) is 44.7. The highest BCUT2D eigenvalue weighted by Crippen LogP contribution is 2.27. The Labute approximate surface area is 197 Å². The predicted octanol–water partition coefficient (Wildman–Crippen LogP) is 3.99. The van der Waals surface area contributed by atoms with E-state index in [1.165, 1.54) is 11.8 Å². The smallest absolute Gasteiger partial charge is 0.309 e. The number of carbonyl (C=O) groups excluding carboxylic acids is 2. The van der Waals surface area contributed by atoms with Crippen LogP contribution in [-0.4, -0.2) is 51.3 Å². The van der Waals surface area contributed by atoms with Crippen LogP contribution in [0.3, 0.4) is 0 Å². The summed E-state index contributed by atoms with van der Waals surface area (Å²) in [6.07, 6.45) is 1.21. The fourth-order valence-corrected chi connectivity index (χ4v) is 5.02. The quantitative estimate of drug-likeness (QED) is 0.339. The molecule has 0 spiro atoms. The van der Waals surface area contributed by atoms with Gasteiger partial charge >= 0.3 is 5.97 Å². The third-order valence-corrected chi connectivity index (χ3v) is 6.80. The summed E-state index contributed by atoms with van der Waals surface area (Å²) in [5, 5.41) is 1.08. The number of benzene rings is 1. The summed E-state index contributed by atoms with van der Waals surface area (Å²) >= 11 is 7.39. The number of rotatable bonds is 7. The first-order valence-corrected chi connectivity index (χ1v) is 12.3. The molecule has 1 aromatic heterocycles. The van der Waals surface area contributed by atoms with Gasteiger partial charge in [-0.3, -0.25) is 19.0 Å². The molecule has 3 rings (SSSR count). The SMILES string of the molecule is CCOC(=O)C1CCN(C(=O)[C@H](C)Sc2nc3ccc(Cl)cc3c(=O)n2CC(C)C)CC1. The number of fused-ring (bicyclic) bond motifs is 1. The van der Waals surface area contributed by atoms with Crippen molar-refractivity contribution in [3.05, 3.63) is 33.6 Å². The molecule has 9 heteroatoms. The van der Waals surface area contributed by atoms with E-state index in [1.54, 1.807) is 34.6 Å². The fraction of sp³-hybridized carbons (Fsp3) is 0.565. The highest BCUT2D eigenvalue weighted by atomic mass is 35.5. The molecule has 1 aromatic carbocycles. The topological polar surface area (TPSA) is 81.5 Å². The van der Waals surface area contributed by atoms with Gasteiger partial charge in [0.1, 0.15) is 0 Å². The number of amides is 1. The number of piperidine rings is 1. The van der Waals surface area contributed by atoms with Crippen LogP contribution in [0.1, 0.15) is 40.5 Å². The first kappa shape index (κ1) is 24.6. The molecular formula is C23H30ClN3O4S. The minimum Gasteiger partial charge on any atom is -0.466 e. The lowest BCUT2D eigenvalue weighted by Gasteiger charge is -2.32. The Morgan fingerprint density at radius 1 is 1.25 bits per heavy atom. The van der Waals surface area contributed by atoms with Crippen molar-refractivity contribution in [3.8, 4) is 0 Å². The van der Waals surface area contributed by atoms with Crippen LogP contribution in [0.25, 0.3) is 10.9 Å². The van der Waals surface area contributed by atoms with E-state index in [1.807, 2.05) is 20.8 Å². The van der Waals surface area contributed by atoms with E-state index < -0.39 is 5.25 Å². The summed E-state index contributed by atoms with van der Waals surface area (Å²) in [6.45, 7) is 9.62. The van der Waals surface area contributed by atoms with Crippen molar-refractivity contribution >= 4 is 46.1 Å². The number of ether oxygens (including phenoxy) is 1. The minimum absolute atomic E-state index is 0.0149. The number of carbonyl (C=O) groups is 2. The summed E-state index contributed by atoms with van der Waals surface area (Å²) < 4.78 is 6.75. The van der Waals surface area contributed by atoms with Crippen LogP contribution < -0.4 is 5.56 Å². The monoisotopic (exact) mass is 479 g/mol. The van der Waals surface area contributed by atoms with Crippen LogP contribution >= 0.6 is 23.4 Å². The third kappa shape index (κ3) is 5.64. The molecule has 0 bridgehead atoms. The number of thioether (sulfide) groups is 1. The number of aromatic nitrogens is 2. The highest BCUT2D eigenvalue weighted by Gasteiger charge is 2.31. The standard InChI is InChI=1S/C23H30ClN3O4S/c1-5-31-22(30)16-8-10-26(11-9-16)20(28)15(4)32-23-25-19-7-6-17(24)12-18(19)21(29)27(23)13-14(2)3/h6-7,12,14-16H,5,8-11,13H2,1-4H3/t15-/m0/s1. The van der Waals surface area contributed by atoms with Gasteiger partial charge < -0.3 is 9.64 Å². The van der Waals surface area contributed by atoms with E-state index in [4.69, 9.17) is 16.3 Å². The Balaban J connectivity index is 1.78. The van der Waals surface area contributed by atoms with Crippen LogP contribution in [0, 0.1) is 11.8 Å². The molecule has 0 radical (unpaired) electrons. The van der Waals surface area contributed by atoms with Crippen LogP contribution in [0.5, 0.6) is 0 Å². The Kier molecular flexibility index (Phi) is 8.22. The van der Waals surface area contributed by atoms with Gasteiger partial charge in [0.15, 0.2) is 5.16 Å². The maximum absolute atomic E-state index is 13.2. The second-order valence-electron chi connectivity index (χ2n) is 8.48. The summed E-state index contributed by atoms with van der Waals surface area (Å²) in [7, 11) is 0. The molecule has 1 aliphatic heterocycles. The van der Waals surface area contributed by atoms with Crippen molar-refractivity contribution in [2.45, 2.75) is 57.5 Å². The lowest BCUT2D eigenvalue weighted by Crippen LogP contribution is -2.43. The maximum Gasteiger partial charge on any atom is 0.309 e. The zero-order valence-corrected chi connectivity index (χ0v) is 20.5. The second-order valence-corrected chi connectivity index (χ2v) is 10.2. The first-order chi connectivity index (χ1) is 15.2. The molecule has 2 aromatic rings. The van der Waals surface area contributed by atoms with Gasteiger partial charge in [0.05, 0.1) is 28.7 Å². The van der Waals surface area contributed by atoms with E-state index in [2.05, 4.69) is 4.98 Å². The van der Waals surface area contributed by atoms with Gasteiger partial charge in [0, 0.05) is 24.7 Å². The van der Waals surface area contributed by atoms with Crippen LogP contribution in [-0.2, 0) is 20.9 Å². The molecule has 32 heavy (non-hydrogen) atoms. The average molecular weight is 480 g/mol. The highest BCUT2D eigenvalue weighted by molar-refractivity contribution is 8.00. The number of likely N-dealkylation sites (tertiary alicyclic amines) is 1. The van der Waals surface area contributed by atoms with Crippen molar-refractivity contribution in [2.75, 3.05) is 19.7 Å². The van der Waals surface area contributed by atoms with E-state index in [0.717, 1.165) is 0 Å². The molecule has 1 saturated heterocycles. The number of hydrogen-bond acceptors (Lipinski definition) is 6. The Bertz CT molecular complexity index is 1050. The Morgan fingerprint density at radius 3 is 2.56 bits per heavy atom. The van der Waals surface area contributed by atoms with E-state index >= 15 is 0 Å². The molecule has 0 unspecified atom stereocenters. The third-order valence-electron chi connectivity index (χ3n) is 5.49. The first-order valence-electron chi connectivity index (χ1n) is 11.0. The number of esters is 1. The molecule has 0 aliphatic carbocycles. The molecule has 0 saturated carbocycles. The normalized spacial score (nSPS) is 15.9. The lowest BCUT2D eigenvalue weighted by atomic mass is 9.97. The summed E-state index contributed by atoms with van der Waals surface area (Å²) in [5.41, 5.74) is 0.417. The predicted molar refractivity (Wildman–Crippen MR) is 127 cm³/mol. The average Bonchev–Trinajstić information content (AvgIpc) is 2.76. The second kappa shape index (κ2) is 10.7. The Morgan fingerprint density at radius 2 is 1.94 bits per heavy atom.